The van der Waals surface area contributed by atoms with Crippen LogP contribution in [0.25, 0.3) is 0 Å². The molecule has 1 aliphatic rings. The molecule has 0 unspecified atom stereocenters. The molecule has 0 aliphatic carbocycles. The van der Waals surface area contributed by atoms with E-state index in [-0.39, 0.29) is 17.3 Å². The van der Waals surface area contributed by atoms with Gasteiger partial charge in [-0.15, -0.1) is 0 Å². The summed E-state index contributed by atoms with van der Waals surface area (Å²) in [5.74, 6) is -1.77. The quantitative estimate of drug-likeness (QED) is 0.667. The number of fused-ring (bicyclic) bond motifs is 1. The number of amides is 1. The van der Waals surface area contributed by atoms with Crippen LogP contribution in [0, 0.1) is 17.2 Å². The number of nitrogens with zero attached hydrogens (tertiary/aromatic N) is 2. The molecule has 0 spiro atoms. The molecule has 2 aromatic carbocycles. The van der Waals surface area contributed by atoms with E-state index in [4.69, 9.17) is 0 Å². The van der Waals surface area contributed by atoms with Gasteiger partial charge in [0.2, 0.25) is 11.9 Å². The summed E-state index contributed by atoms with van der Waals surface area (Å²) in [6, 6.07) is 20.3. The minimum atomic E-state index is -1.00. The van der Waals surface area contributed by atoms with E-state index in [1.807, 2.05) is 54.6 Å². The Labute approximate surface area is 154 Å². The van der Waals surface area contributed by atoms with Crippen LogP contribution in [0.4, 0.5) is 17.5 Å². The Balaban J connectivity index is 1.82. The van der Waals surface area contributed by atoms with Gasteiger partial charge in [-0.3, -0.25) is 14.6 Å². The van der Waals surface area contributed by atoms with E-state index < -0.39 is 23.3 Å². The second-order valence-corrected chi connectivity index (χ2v) is 6.15. The number of carbonyl (C=O) groups excluding carboxylic acids is 1. The second-order valence-electron chi connectivity index (χ2n) is 6.15. The molecule has 0 fully saturated rings. The summed E-state index contributed by atoms with van der Waals surface area (Å²) < 4.78 is 0. The Bertz CT molecular complexity index is 1090. The van der Waals surface area contributed by atoms with Crippen molar-refractivity contribution in [1.29, 1.82) is 5.26 Å². The smallest absolute Gasteiger partial charge is 0.258 e. The summed E-state index contributed by atoms with van der Waals surface area (Å²) in [4.78, 5) is 32.3. The van der Waals surface area contributed by atoms with Crippen molar-refractivity contribution in [2.24, 2.45) is 5.92 Å². The van der Waals surface area contributed by atoms with Crippen LogP contribution in [-0.4, -0.2) is 15.9 Å². The number of aromatic amines is 1. The van der Waals surface area contributed by atoms with Crippen molar-refractivity contribution in [1.82, 2.24) is 9.97 Å². The first-order chi connectivity index (χ1) is 13.2. The average molecular weight is 357 g/mol. The Morgan fingerprint density at radius 2 is 1.67 bits per heavy atom. The van der Waals surface area contributed by atoms with Crippen LogP contribution in [-0.2, 0) is 4.79 Å². The number of hydrogen-bond acceptors (Lipinski definition) is 5. The molecule has 27 heavy (non-hydrogen) atoms. The van der Waals surface area contributed by atoms with Gasteiger partial charge >= 0.3 is 0 Å². The molecule has 0 radical (unpaired) electrons. The highest BCUT2D eigenvalue weighted by molar-refractivity contribution is 5.98. The van der Waals surface area contributed by atoms with Crippen LogP contribution in [0.1, 0.15) is 17.0 Å². The van der Waals surface area contributed by atoms with Crippen molar-refractivity contribution in [3.8, 4) is 6.07 Å². The topological polar surface area (TPSA) is 111 Å². The van der Waals surface area contributed by atoms with Crippen molar-refractivity contribution in [3.63, 3.8) is 0 Å². The molecule has 1 amide bonds. The van der Waals surface area contributed by atoms with Gasteiger partial charge in [-0.25, -0.2) is 0 Å². The Kier molecular flexibility index (Phi) is 4.15. The first kappa shape index (κ1) is 16.5. The molecule has 2 heterocycles. The zero-order valence-electron chi connectivity index (χ0n) is 14.1. The van der Waals surface area contributed by atoms with E-state index in [2.05, 4.69) is 20.6 Å². The van der Waals surface area contributed by atoms with Crippen molar-refractivity contribution < 1.29 is 4.79 Å². The van der Waals surface area contributed by atoms with Gasteiger partial charge in [0, 0.05) is 11.6 Å². The maximum atomic E-state index is 12.8. The molecular formula is C20H15N5O2. The van der Waals surface area contributed by atoms with Crippen molar-refractivity contribution in [3.05, 3.63) is 82.1 Å². The minimum Gasteiger partial charge on any atom is -0.326 e. The number of benzene rings is 2. The highest BCUT2D eigenvalue weighted by Crippen LogP contribution is 2.37. The summed E-state index contributed by atoms with van der Waals surface area (Å²) in [7, 11) is 0. The van der Waals surface area contributed by atoms with E-state index >= 15 is 0 Å². The number of aromatic nitrogens is 2. The zero-order chi connectivity index (χ0) is 18.8. The minimum absolute atomic E-state index is 0.169. The van der Waals surface area contributed by atoms with Gasteiger partial charge < -0.3 is 10.6 Å². The molecule has 4 rings (SSSR count). The zero-order valence-corrected chi connectivity index (χ0v) is 14.1. The van der Waals surface area contributed by atoms with E-state index in [1.54, 1.807) is 12.1 Å². The number of H-pyrrole nitrogens is 1. The maximum absolute atomic E-state index is 12.8. The third-order valence-electron chi connectivity index (χ3n) is 4.46. The Hall–Kier alpha value is -3.92. The molecule has 3 N–H and O–H groups in total. The summed E-state index contributed by atoms with van der Waals surface area (Å²) in [5, 5.41) is 15.1. The largest absolute Gasteiger partial charge is 0.326 e. The van der Waals surface area contributed by atoms with Crippen LogP contribution >= 0.6 is 0 Å². The SMILES string of the molecule is N#C[C@H]1C(=O)Nc2nc(Nc3ccccc3)[nH]c(=O)c2[C@H]1c1ccccc1. The lowest BCUT2D eigenvalue weighted by molar-refractivity contribution is -0.119. The van der Waals surface area contributed by atoms with E-state index in [1.165, 1.54) is 0 Å². The standard InChI is InChI=1S/C20H15N5O2/c21-11-14-15(12-7-3-1-4-8-12)16-17(23-18(14)26)24-20(25-19(16)27)22-13-9-5-2-6-10-13/h1-10,14-15H,(H3,22,23,24,25,26,27)/t14-,15+/m1/s1. The first-order valence-electron chi connectivity index (χ1n) is 8.39. The van der Waals surface area contributed by atoms with Gasteiger partial charge in [0.1, 0.15) is 11.7 Å². The molecule has 0 saturated heterocycles. The number of carbonyl (C=O) groups is 1. The number of anilines is 3. The fourth-order valence-corrected chi connectivity index (χ4v) is 3.25. The van der Waals surface area contributed by atoms with Gasteiger partial charge in [-0.05, 0) is 17.7 Å². The molecule has 7 nitrogen and oxygen atoms in total. The monoisotopic (exact) mass is 357 g/mol. The van der Waals surface area contributed by atoms with Crippen LogP contribution < -0.4 is 16.2 Å². The molecule has 7 heteroatoms. The van der Waals surface area contributed by atoms with Crippen LogP contribution in [0.5, 0.6) is 0 Å². The molecule has 1 aliphatic heterocycles. The number of nitrogens with one attached hydrogen (secondary N) is 3. The molecule has 0 saturated carbocycles. The summed E-state index contributed by atoms with van der Waals surface area (Å²) >= 11 is 0. The van der Waals surface area contributed by atoms with Crippen molar-refractivity contribution >= 4 is 23.4 Å². The molecule has 1 aromatic heterocycles. The molecule has 132 valence electrons. The van der Waals surface area contributed by atoms with Gasteiger partial charge in [0.25, 0.3) is 5.56 Å². The van der Waals surface area contributed by atoms with E-state index in [9.17, 15) is 14.9 Å². The number of nitriles is 1. The lowest BCUT2D eigenvalue weighted by atomic mass is 9.79. The first-order valence-corrected chi connectivity index (χ1v) is 8.39. The summed E-state index contributed by atoms with van der Waals surface area (Å²) in [6.45, 7) is 0. The van der Waals surface area contributed by atoms with Crippen molar-refractivity contribution in [2.45, 2.75) is 5.92 Å². The highest BCUT2D eigenvalue weighted by atomic mass is 16.2. The van der Waals surface area contributed by atoms with Crippen LogP contribution in [0.15, 0.2) is 65.5 Å². The third kappa shape index (κ3) is 3.04. The fraction of sp³-hybridized carbons (Fsp3) is 0.100. The van der Waals surface area contributed by atoms with Gasteiger partial charge in [-0.2, -0.15) is 10.2 Å². The fourth-order valence-electron chi connectivity index (χ4n) is 3.25. The van der Waals surface area contributed by atoms with Crippen LogP contribution in [0.3, 0.4) is 0 Å². The highest BCUT2D eigenvalue weighted by Gasteiger charge is 2.40. The molecular weight excluding hydrogens is 342 g/mol. The Morgan fingerprint density at radius 3 is 2.33 bits per heavy atom. The van der Waals surface area contributed by atoms with Gasteiger partial charge in [0.05, 0.1) is 11.6 Å². The number of rotatable bonds is 3. The molecule has 2 atom stereocenters. The normalized spacial score (nSPS) is 18.1. The van der Waals surface area contributed by atoms with Crippen molar-refractivity contribution in [2.75, 3.05) is 10.6 Å². The lowest BCUT2D eigenvalue weighted by Gasteiger charge is -2.28. The lowest BCUT2D eigenvalue weighted by Crippen LogP contribution is -2.38. The predicted molar refractivity (Wildman–Crippen MR) is 101 cm³/mol. The molecule has 0 bridgehead atoms. The summed E-state index contributed by atoms with van der Waals surface area (Å²) in [5.41, 5.74) is 1.35. The third-order valence-corrected chi connectivity index (χ3v) is 4.46. The second kappa shape index (κ2) is 6.77. The summed E-state index contributed by atoms with van der Waals surface area (Å²) in [6.07, 6.45) is 0. The maximum Gasteiger partial charge on any atom is 0.258 e. The van der Waals surface area contributed by atoms with Crippen LogP contribution in [0.2, 0.25) is 0 Å². The van der Waals surface area contributed by atoms with E-state index in [0.717, 1.165) is 11.3 Å². The molecule has 3 aromatic rings. The number of para-hydroxylation sites is 1. The van der Waals surface area contributed by atoms with E-state index in [0.29, 0.717) is 0 Å². The predicted octanol–water partition coefficient (Wildman–Crippen LogP) is 2.74. The average Bonchev–Trinajstić information content (AvgIpc) is 2.68. The van der Waals surface area contributed by atoms with Gasteiger partial charge in [0.15, 0.2) is 0 Å². The number of hydrogen-bond donors (Lipinski definition) is 3. The van der Waals surface area contributed by atoms with Gasteiger partial charge in [-0.1, -0.05) is 48.5 Å². The Morgan fingerprint density at radius 1 is 1.00 bits per heavy atom.